The molecule has 0 unspecified atom stereocenters. The van der Waals surface area contributed by atoms with Gasteiger partial charge in [-0.3, -0.25) is 0 Å². The Balaban J connectivity index is 1.75. The molecule has 5 nitrogen and oxygen atoms in total. The lowest BCUT2D eigenvalue weighted by molar-refractivity contribution is 0.564. The van der Waals surface area contributed by atoms with Crippen molar-refractivity contribution >= 4 is 5.69 Å². The van der Waals surface area contributed by atoms with Gasteiger partial charge in [0, 0.05) is 23.4 Å². The van der Waals surface area contributed by atoms with Crippen molar-refractivity contribution < 1.29 is 8.83 Å². The smallest absolute Gasteiger partial charge is 0.247 e. The topological polar surface area (TPSA) is 64.1 Å². The van der Waals surface area contributed by atoms with Gasteiger partial charge < -0.3 is 14.2 Å². The van der Waals surface area contributed by atoms with E-state index in [1.165, 1.54) is 6.39 Å². The molecule has 0 spiro atoms. The summed E-state index contributed by atoms with van der Waals surface area (Å²) in [6.45, 7) is 0.712. The van der Waals surface area contributed by atoms with Crippen LogP contribution in [0.25, 0.3) is 11.5 Å². The molecule has 0 aliphatic heterocycles. The van der Waals surface area contributed by atoms with Crippen molar-refractivity contribution in [1.82, 2.24) is 10.2 Å². The maximum absolute atomic E-state index is 5.16. The molecule has 0 fully saturated rings. The van der Waals surface area contributed by atoms with Crippen LogP contribution in [0.2, 0.25) is 0 Å². The van der Waals surface area contributed by atoms with Gasteiger partial charge in [0.1, 0.15) is 0 Å². The van der Waals surface area contributed by atoms with E-state index in [4.69, 9.17) is 8.83 Å². The summed E-state index contributed by atoms with van der Waals surface area (Å²) in [5.74, 6) is 0.516. The average Bonchev–Trinajstić information content (AvgIpc) is 3.10. The van der Waals surface area contributed by atoms with Crippen molar-refractivity contribution in [2.24, 2.45) is 0 Å². The highest BCUT2D eigenvalue weighted by Crippen LogP contribution is 2.20. The lowest BCUT2D eigenvalue weighted by atomic mass is 10.2. The second-order valence-corrected chi connectivity index (χ2v) is 3.81. The van der Waals surface area contributed by atoms with Gasteiger partial charge in [0.25, 0.3) is 0 Å². The van der Waals surface area contributed by atoms with Crippen molar-refractivity contribution in [3.05, 3.63) is 54.8 Å². The van der Waals surface area contributed by atoms with E-state index < -0.39 is 0 Å². The van der Waals surface area contributed by atoms with Crippen LogP contribution >= 0.6 is 0 Å². The summed E-state index contributed by atoms with van der Waals surface area (Å²) in [7, 11) is 0. The number of hydrogen-bond acceptors (Lipinski definition) is 5. The third-order valence-corrected chi connectivity index (χ3v) is 2.55. The zero-order chi connectivity index (χ0) is 12.2. The van der Waals surface area contributed by atoms with Crippen molar-refractivity contribution in [2.75, 3.05) is 5.32 Å². The molecule has 0 aliphatic rings. The van der Waals surface area contributed by atoms with Gasteiger partial charge in [-0.25, -0.2) is 0 Å². The molecular weight excluding hydrogens is 230 g/mol. The second-order valence-electron chi connectivity index (χ2n) is 3.81. The fraction of sp³-hybridized carbons (Fsp3) is 0.0769. The van der Waals surface area contributed by atoms with Crippen molar-refractivity contribution in [3.8, 4) is 11.5 Å². The van der Waals surface area contributed by atoms with Crippen LogP contribution in [-0.4, -0.2) is 10.2 Å². The highest BCUT2D eigenvalue weighted by Gasteiger charge is 2.04. The highest BCUT2D eigenvalue weighted by molar-refractivity contribution is 5.60. The molecule has 0 saturated heterocycles. The first-order valence-corrected chi connectivity index (χ1v) is 5.53. The molecule has 0 amide bonds. The third-order valence-electron chi connectivity index (χ3n) is 2.55. The minimum atomic E-state index is 0.516. The number of aromatic nitrogens is 2. The molecular formula is C13H11N3O2. The summed E-state index contributed by atoms with van der Waals surface area (Å²) in [4.78, 5) is 0. The third kappa shape index (κ3) is 2.24. The summed E-state index contributed by atoms with van der Waals surface area (Å²) in [5, 5.41) is 10.8. The maximum atomic E-state index is 5.16. The first-order chi connectivity index (χ1) is 8.92. The molecule has 3 aromatic rings. The van der Waals surface area contributed by atoms with Gasteiger partial charge in [-0.1, -0.05) is 6.07 Å². The van der Waals surface area contributed by atoms with Crippen LogP contribution in [0.3, 0.4) is 0 Å². The monoisotopic (exact) mass is 241 g/mol. The van der Waals surface area contributed by atoms with Crippen molar-refractivity contribution in [3.63, 3.8) is 0 Å². The number of nitrogens with one attached hydrogen (secondary N) is 1. The van der Waals surface area contributed by atoms with E-state index in [0.717, 1.165) is 16.8 Å². The van der Waals surface area contributed by atoms with Gasteiger partial charge in [-0.05, 0) is 24.3 Å². The van der Waals surface area contributed by atoms with Crippen LogP contribution in [0.15, 0.2) is 58.1 Å². The van der Waals surface area contributed by atoms with Crippen molar-refractivity contribution in [2.45, 2.75) is 6.54 Å². The van der Waals surface area contributed by atoms with Crippen LogP contribution in [-0.2, 0) is 6.54 Å². The SMILES string of the molecule is c1cc(NCc2ccoc2)cc(-c2nnco2)c1. The van der Waals surface area contributed by atoms with Gasteiger partial charge in [-0.2, -0.15) is 0 Å². The maximum Gasteiger partial charge on any atom is 0.247 e. The molecule has 90 valence electrons. The number of hydrogen-bond donors (Lipinski definition) is 1. The zero-order valence-electron chi connectivity index (χ0n) is 9.54. The van der Waals surface area contributed by atoms with E-state index in [1.807, 2.05) is 30.3 Å². The van der Waals surface area contributed by atoms with Gasteiger partial charge >= 0.3 is 0 Å². The molecule has 0 saturated carbocycles. The number of furan rings is 1. The summed E-state index contributed by atoms with van der Waals surface area (Å²) in [5.41, 5.74) is 2.98. The van der Waals surface area contributed by atoms with Gasteiger partial charge in [0.2, 0.25) is 12.3 Å². The minimum Gasteiger partial charge on any atom is -0.472 e. The lowest BCUT2D eigenvalue weighted by Gasteiger charge is -2.05. The predicted molar refractivity (Wildman–Crippen MR) is 65.8 cm³/mol. The highest BCUT2D eigenvalue weighted by atomic mass is 16.4. The molecule has 18 heavy (non-hydrogen) atoms. The average molecular weight is 241 g/mol. The molecule has 1 aromatic carbocycles. The Kier molecular flexibility index (Phi) is 2.79. The predicted octanol–water partition coefficient (Wildman–Crippen LogP) is 2.94. The van der Waals surface area contributed by atoms with Crippen LogP contribution in [0.4, 0.5) is 5.69 Å². The number of benzene rings is 1. The first kappa shape index (κ1) is 10.6. The molecule has 1 N–H and O–H groups in total. The number of rotatable bonds is 4. The van der Waals surface area contributed by atoms with Crippen LogP contribution in [0.5, 0.6) is 0 Å². The fourth-order valence-corrected chi connectivity index (χ4v) is 1.66. The van der Waals surface area contributed by atoms with E-state index in [1.54, 1.807) is 12.5 Å². The Morgan fingerprint density at radius 2 is 2.22 bits per heavy atom. The van der Waals surface area contributed by atoms with E-state index >= 15 is 0 Å². The van der Waals surface area contributed by atoms with Gasteiger partial charge in [0.05, 0.1) is 12.5 Å². The molecule has 2 heterocycles. The first-order valence-electron chi connectivity index (χ1n) is 5.53. The second kappa shape index (κ2) is 4.75. The normalized spacial score (nSPS) is 10.4. The van der Waals surface area contributed by atoms with E-state index in [2.05, 4.69) is 15.5 Å². The quantitative estimate of drug-likeness (QED) is 0.760. The van der Waals surface area contributed by atoms with Crippen molar-refractivity contribution in [1.29, 1.82) is 0 Å². The Labute approximate surface area is 103 Å². The Bertz CT molecular complexity index is 603. The summed E-state index contributed by atoms with van der Waals surface area (Å²) in [6.07, 6.45) is 4.70. The summed E-state index contributed by atoms with van der Waals surface area (Å²) < 4.78 is 10.2. The molecule has 0 atom stereocenters. The molecule has 5 heteroatoms. The van der Waals surface area contributed by atoms with E-state index in [-0.39, 0.29) is 0 Å². The van der Waals surface area contributed by atoms with Crippen LogP contribution < -0.4 is 5.32 Å². The zero-order valence-corrected chi connectivity index (χ0v) is 9.54. The molecule has 2 aromatic heterocycles. The summed E-state index contributed by atoms with van der Waals surface area (Å²) >= 11 is 0. The van der Waals surface area contributed by atoms with E-state index in [9.17, 15) is 0 Å². The number of anilines is 1. The van der Waals surface area contributed by atoms with E-state index in [0.29, 0.717) is 12.4 Å². The van der Waals surface area contributed by atoms with Gasteiger partial charge in [-0.15, -0.1) is 10.2 Å². The number of nitrogens with zero attached hydrogens (tertiary/aromatic N) is 2. The minimum absolute atomic E-state index is 0.516. The summed E-state index contributed by atoms with van der Waals surface area (Å²) in [6, 6.07) is 9.75. The Hall–Kier alpha value is -2.56. The molecule has 3 rings (SSSR count). The fourth-order valence-electron chi connectivity index (χ4n) is 1.66. The molecule has 0 radical (unpaired) electrons. The Morgan fingerprint density at radius 3 is 3.00 bits per heavy atom. The lowest BCUT2D eigenvalue weighted by Crippen LogP contribution is -1.97. The molecule has 0 aliphatic carbocycles. The Morgan fingerprint density at radius 1 is 1.22 bits per heavy atom. The molecule has 0 bridgehead atoms. The standard InChI is InChI=1S/C13H11N3O2/c1-2-11(13-16-15-9-18-13)6-12(3-1)14-7-10-4-5-17-8-10/h1-6,8-9,14H,7H2. The van der Waals surface area contributed by atoms with Crippen LogP contribution in [0, 0.1) is 0 Å². The van der Waals surface area contributed by atoms with Crippen LogP contribution in [0.1, 0.15) is 5.56 Å². The largest absolute Gasteiger partial charge is 0.472 e. The van der Waals surface area contributed by atoms with Gasteiger partial charge in [0.15, 0.2) is 0 Å².